The predicted molar refractivity (Wildman–Crippen MR) is 110 cm³/mol. The van der Waals surface area contributed by atoms with Crippen molar-refractivity contribution >= 4 is 37.3 Å². The van der Waals surface area contributed by atoms with Crippen LogP contribution in [-0.4, -0.2) is 27.0 Å². The highest BCUT2D eigenvalue weighted by Crippen LogP contribution is 2.36. The summed E-state index contributed by atoms with van der Waals surface area (Å²) in [6.45, 7) is -1.04. The first kappa shape index (κ1) is 24.4. The molecule has 0 spiro atoms. The molecule has 1 aliphatic heterocycles. The number of hydrogen-bond acceptors (Lipinski definition) is 11. The topological polar surface area (TPSA) is 223 Å². The van der Waals surface area contributed by atoms with E-state index in [1.807, 2.05) is 0 Å². The number of nitrogens with two attached hydrogens (primary N) is 1. The second-order valence-corrected chi connectivity index (χ2v) is 10.2. The molecule has 0 saturated carbocycles. The SMILES string of the molecule is NS(=O)(=O)c1cc2c(cc1Cl)NC(c1cc(CO[N+](=O)[O-])cc(CO[N+](=O)[O-])c1)NS2(=O)=O. The first-order valence-electron chi connectivity index (χ1n) is 8.59. The number of nitrogens with one attached hydrogen (secondary N) is 2. The van der Waals surface area contributed by atoms with Gasteiger partial charge in [0.1, 0.15) is 29.2 Å². The standard InChI is InChI=1S/C15H14ClN5O10S2/c16-11-4-12-14(5-13(11)32(17,26)27)33(28,29)19-15(18-12)10-2-8(6-30-20(22)23)1-9(3-10)7-31-21(24)25/h1-5,15,18-19H,6-7H2,(H2,17,26,27). The summed E-state index contributed by atoms with van der Waals surface area (Å²) in [5, 5.41) is 26.5. The van der Waals surface area contributed by atoms with E-state index in [0.29, 0.717) is 0 Å². The zero-order valence-electron chi connectivity index (χ0n) is 16.1. The summed E-state index contributed by atoms with van der Waals surface area (Å²) in [4.78, 5) is 28.6. The van der Waals surface area contributed by atoms with Gasteiger partial charge in [-0.1, -0.05) is 29.8 Å². The minimum atomic E-state index is -4.31. The second-order valence-electron chi connectivity index (χ2n) is 6.60. The van der Waals surface area contributed by atoms with Crippen molar-refractivity contribution in [2.45, 2.75) is 29.2 Å². The molecule has 2 aromatic carbocycles. The summed E-state index contributed by atoms with van der Waals surface area (Å²) in [5.41, 5.74) is 0.537. The average Bonchev–Trinajstić information content (AvgIpc) is 2.68. The maximum atomic E-state index is 12.8. The lowest BCUT2D eigenvalue weighted by molar-refractivity contribution is -0.763. The number of sulfonamides is 2. The largest absolute Gasteiger partial charge is 0.364 e. The molecule has 0 aromatic heterocycles. The first-order valence-corrected chi connectivity index (χ1v) is 12.0. The normalized spacial score (nSPS) is 16.8. The summed E-state index contributed by atoms with van der Waals surface area (Å²) in [6.07, 6.45) is -1.16. The Morgan fingerprint density at radius 1 is 1.03 bits per heavy atom. The van der Waals surface area contributed by atoms with Crippen LogP contribution in [0, 0.1) is 20.2 Å². The number of hydrogen-bond donors (Lipinski definition) is 3. The van der Waals surface area contributed by atoms with Crippen LogP contribution in [0.1, 0.15) is 22.9 Å². The maximum absolute atomic E-state index is 12.8. The van der Waals surface area contributed by atoms with Crippen molar-refractivity contribution < 1.29 is 36.7 Å². The Labute approximate surface area is 190 Å². The third-order valence-electron chi connectivity index (χ3n) is 4.28. The molecule has 1 aliphatic rings. The number of nitrogens with zero attached hydrogens (tertiary/aromatic N) is 2. The molecule has 1 heterocycles. The molecule has 3 rings (SSSR count). The minimum Gasteiger partial charge on any atom is -0.364 e. The Morgan fingerprint density at radius 2 is 1.58 bits per heavy atom. The predicted octanol–water partition coefficient (Wildman–Crippen LogP) is 0.807. The highest BCUT2D eigenvalue weighted by Gasteiger charge is 2.33. The minimum absolute atomic E-state index is 0.0498. The molecule has 0 amide bonds. The van der Waals surface area contributed by atoms with Crippen molar-refractivity contribution in [1.82, 2.24) is 4.72 Å². The number of anilines is 1. The first-order chi connectivity index (χ1) is 15.3. The molecular formula is C15H14ClN5O10S2. The molecular weight excluding hydrogens is 510 g/mol. The van der Waals surface area contributed by atoms with Gasteiger partial charge in [-0.05, 0) is 28.8 Å². The average molecular weight is 524 g/mol. The Kier molecular flexibility index (Phi) is 6.61. The zero-order chi connectivity index (χ0) is 24.6. The Hall–Kier alpha value is -3.25. The molecule has 0 saturated heterocycles. The lowest BCUT2D eigenvalue weighted by Crippen LogP contribution is -2.38. The third kappa shape index (κ3) is 5.76. The second kappa shape index (κ2) is 8.94. The summed E-state index contributed by atoms with van der Waals surface area (Å²) in [5.74, 6) is 0. The third-order valence-corrected chi connectivity index (χ3v) is 7.12. The van der Waals surface area contributed by atoms with Crippen LogP contribution in [0.2, 0.25) is 5.02 Å². The zero-order valence-corrected chi connectivity index (χ0v) is 18.5. The van der Waals surface area contributed by atoms with Crippen LogP contribution in [0.5, 0.6) is 0 Å². The number of primary sulfonamides is 1. The lowest BCUT2D eigenvalue weighted by atomic mass is 10.0. The van der Waals surface area contributed by atoms with Gasteiger partial charge in [0, 0.05) is 0 Å². The quantitative estimate of drug-likeness (QED) is 0.324. The van der Waals surface area contributed by atoms with Gasteiger partial charge in [0.05, 0.1) is 10.7 Å². The van der Waals surface area contributed by atoms with Gasteiger partial charge in [-0.3, -0.25) is 0 Å². The molecule has 2 aromatic rings. The van der Waals surface area contributed by atoms with Crippen LogP contribution in [-0.2, 0) is 42.9 Å². The molecule has 33 heavy (non-hydrogen) atoms. The van der Waals surface area contributed by atoms with Crippen LogP contribution in [0.25, 0.3) is 0 Å². The van der Waals surface area contributed by atoms with Crippen molar-refractivity contribution in [2.75, 3.05) is 5.32 Å². The molecule has 0 bridgehead atoms. The molecule has 0 fully saturated rings. The van der Waals surface area contributed by atoms with Gasteiger partial charge < -0.3 is 15.0 Å². The molecule has 0 radical (unpaired) electrons. The molecule has 18 heteroatoms. The van der Waals surface area contributed by atoms with Crippen LogP contribution in [0.3, 0.4) is 0 Å². The fourth-order valence-corrected chi connectivity index (χ4v) is 5.51. The van der Waals surface area contributed by atoms with Gasteiger partial charge in [0.2, 0.25) is 20.0 Å². The molecule has 4 N–H and O–H groups in total. The monoisotopic (exact) mass is 523 g/mol. The Morgan fingerprint density at radius 3 is 2.06 bits per heavy atom. The lowest BCUT2D eigenvalue weighted by Gasteiger charge is -2.29. The van der Waals surface area contributed by atoms with Crippen molar-refractivity contribution in [2.24, 2.45) is 5.14 Å². The number of halogens is 1. The van der Waals surface area contributed by atoms with Gasteiger partial charge in [-0.15, -0.1) is 20.2 Å². The van der Waals surface area contributed by atoms with E-state index in [1.165, 1.54) is 18.2 Å². The Balaban J connectivity index is 2.04. The smallest absolute Gasteiger partial charge is 0.294 e. The van der Waals surface area contributed by atoms with Crippen molar-refractivity contribution in [3.05, 3.63) is 72.3 Å². The van der Waals surface area contributed by atoms with E-state index in [1.54, 1.807) is 0 Å². The summed E-state index contributed by atoms with van der Waals surface area (Å²) >= 11 is 5.95. The van der Waals surface area contributed by atoms with Gasteiger partial charge in [-0.25, -0.2) is 22.0 Å². The molecule has 178 valence electrons. The van der Waals surface area contributed by atoms with Gasteiger partial charge in [-0.2, -0.15) is 4.72 Å². The van der Waals surface area contributed by atoms with E-state index in [2.05, 4.69) is 19.7 Å². The summed E-state index contributed by atoms with van der Waals surface area (Å²) in [6, 6.07) is 5.95. The fourth-order valence-electron chi connectivity index (χ4n) is 3.02. The molecule has 1 unspecified atom stereocenters. The van der Waals surface area contributed by atoms with E-state index in [-0.39, 0.29) is 27.4 Å². The van der Waals surface area contributed by atoms with Crippen LogP contribution in [0.15, 0.2) is 40.1 Å². The number of fused-ring (bicyclic) bond motifs is 1. The van der Waals surface area contributed by atoms with E-state index in [9.17, 15) is 37.1 Å². The van der Waals surface area contributed by atoms with E-state index >= 15 is 0 Å². The van der Waals surface area contributed by atoms with Gasteiger partial charge >= 0.3 is 0 Å². The van der Waals surface area contributed by atoms with Crippen LogP contribution in [0.4, 0.5) is 5.69 Å². The summed E-state index contributed by atoms with van der Waals surface area (Å²) < 4.78 is 51.2. The summed E-state index contributed by atoms with van der Waals surface area (Å²) in [7, 11) is -8.60. The molecule has 15 nitrogen and oxygen atoms in total. The van der Waals surface area contributed by atoms with Gasteiger partial charge in [0.25, 0.3) is 10.2 Å². The highest BCUT2D eigenvalue weighted by molar-refractivity contribution is 7.90. The van der Waals surface area contributed by atoms with E-state index in [4.69, 9.17) is 16.7 Å². The van der Waals surface area contributed by atoms with Gasteiger partial charge in [0.15, 0.2) is 0 Å². The van der Waals surface area contributed by atoms with E-state index < -0.39 is 59.4 Å². The fraction of sp³-hybridized carbons (Fsp3) is 0.200. The van der Waals surface area contributed by atoms with Crippen molar-refractivity contribution in [3.63, 3.8) is 0 Å². The Bertz CT molecular complexity index is 1310. The molecule has 1 atom stereocenters. The van der Waals surface area contributed by atoms with Crippen LogP contribution < -0.4 is 15.2 Å². The van der Waals surface area contributed by atoms with Crippen LogP contribution >= 0.6 is 11.6 Å². The molecule has 0 aliphatic carbocycles. The number of benzene rings is 2. The maximum Gasteiger partial charge on any atom is 0.294 e. The van der Waals surface area contributed by atoms with Crippen molar-refractivity contribution in [3.8, 4) is 0 Å². The number of rotatable bonds is 8. The van der Waals surface area contributed by atoms with Crippen molar-refractivity contribution in [1.29, 1.82) is 0 Å². The highest BCUT2D eigenvalue weighted by atomic mass is 35.5. The van der Waals surface area contributed by atoms with E-state index in [0.717, 1.165) is 12.1 Å².